The van der Waals surface area contributed by atoms with Crippen LogP contribution in [0.25, 0.3) is 0 Å². The molecule has 0 saturated carbocycles. The lowest BCUT2D eigenvalue weighted by molar-refractivity contribution is 0.0916. The van der Waals surface area contributed by atoms with Crippen LogP contribution in [0.2, 0.25) is 0 Å². The Morgan fingerprint density at radius 2 is 2.00 bits per heavy atom. The van der Waals surface area contributed by atoms with Crippen LogP contribution >= 0.6 is 12.2 Å². The Bertz CT molecular complexity index is 655. The van der Waals surface area contributed by atoms with E-state index in [1.54, 1.807) is 18.3 Å². The van der Waals surface area contributed by atoms with E-state index in [2.05, 4.69) is 10.3 Å². The molecule has 5 heteroatoms. The van der Waals surface area contributed by atoms with Gasteiger partial charge in [0, 0.05) is 12.2 Å². The summed E-state index contributed by atoms with van der Waals surface area (Å²) in [5, 5.41) is 13.0. The van der Waals surface area contributed by atoms with E-state index >= 15 is 0 Å². The molecule has 0 fully saturated rings. The van der Waals surface area contributed by atoms with Crippen molar-refractivity contribution in [1.82, 2.24) is 10.3 Å². The molecule has 0 unspecified atom stereocenters. The maximum Gasteiger partial charge on any atom is 0.254 e. The number of benzene rings is 1. The number of carbonyl (C=O) groups is 1. The van der Waals surface area contributed by atoms with E-state index in [0.717, 1.165) is 5.56 Å². The van der Waals surface area contributed by atoms with Gasteiger partial charge in [0.25, 0.3) is 5.91 Å². The van der Waals surface area contributed by atoms with Gasteiger partial charge in [0.2, 0.25) is 0 Å². The van der Waals surface area contributed by atoms with Crippen LogP contribution in [0.5, 0.6) is 0 Å². The normalized spacial score (nSPS) is 13.4. The maximum absolute atomic E-state index is 12.1. The van der Waals surface area contributed by atoms with Crippen molar-refractivity contribution < 1.29 is 9.90 Å². The van der Waals surface area contributed by atoms with E-state index in [9.17, 15) is 9.90 Å². The minimum absolute atomic E-state index is 0.165. The molecule has 3 N–H and O–H groups in total. The van der Waals surface area contributed by atoms with Crippen LogP contribution in [0.3, 0.4) is 0 Å². The van der Waals surface area contributed by atoms with Crippen LogP contribution in [0.4, 0.5) is 0 Å². The number of amides is 1. The summed E-state index contributed by atoms with van der Waals surface area (Å²) in [6, 6.07) is 12.6. The molecule has 2 atom stereocenters. The smallest absolute Gasteiger partial charge is 0.254 e. The summed E-state index contributed by atoms with van der Waals surface area (Å²) in [6.45, 7) is 1.86. The van der Waals surface area contributed by atoms with Crippen molar-refractivity contribution in [2.24, 2.45) is 0 Å². The van der Waals surface area contributed by atoms with E-state index in [4.69, 9.17) is 12.2 Å². The molecule has 21 heavy (non-hydrogen) atoms. The van der Waals surface area contributed by atoms with Gasteiger partial charge in [0.15, 0.2) is 0 Å². The predicted molar refractivity (Wildman–Crippen MR) is 84.6 cm³/mol. The van der Waals surface area contributed by atoms with Crippen molar-refractivity contribution in [1.29, 1.82) is 0 Å². The van der Waals surface area contributed by atoms with Gasteiger partial charge in [-0.15, -0.1) is 0 Å². The van der Waals surface area contributed by atoms with Crippen LogP contribution in [0.1, 0.15) is 35.4 Å². The predicted octanol–water partition coefficient (Wildman–Crippen LogP) is 2.99. The first-order valence-electron chi connectivity index (χ1n) is 6.79. The zero-order chi connectivity index (χ0) is 15.2. The van der Waals surface area contributed by atoms with Gasteiger partial charge in [-0.2, -0.15) is 0 Å². The summed E-state index contributed by atoms with van der Waals surface area (Å²) in [7, 11) is 0. The lowest BCUT2D eigenvalue weighted by atomic mass is 10.0. The number of pyridine rings is 1. The van der Waals surface area contributed by atoms with Crippen LogP contribution in [0.15, 0.2) is 48.7 Å². The molecular weight excluding hydrogens is 284 g/mol. The van der Waals surface area contributed by atoms with Crippen molar-refractivity contribution in [3.05, 3.63) is 64.4 Å². The third kappa shape index (κ3) is 4.24. The van der Waals surface area contributed by atoms with E-state index in [1.165, 1.54) is 0 Å². The van der Waals surface area contributed by atoms with Crippen LogP contribution < -0.4 is 5.32 Å². The average molecular weight is 302 g/mol. The lowest BCUT2D eigenvalue weighted by Crippen LogP contribution is -2.34. The van der Waals surface area contributed by atoms with Gasteiger partial charge < -0.3 is 15.4 Å². The number of carbonyl (C=O) groups excluding carboxylic acids is 1. The number of aromatic amines is 1. The molecule has 1 amide bonds. The quantitative estimate of drug-likeness (QED) is 0.744. The number of nitrogens with one attached hydrogen (secondary N) is 2. The van der Waals surface area contributed by atoms with E-state index in [0.29, 0.717) is 16.6 Å². The Labute approximate surface area is 128 Å². The molecule has 2 rings (SSSR count). The second-order valence-electron chi connectivity index (χ2n) is 4.95. The summed E-state index contributed by atoms with van der Waals surface area (Å²) in [4.78, 5) is 14.9. The monoisotopic (exact) mass is 302 g/mol. The first-order chi connectivity index (χ1) is 10.1. The van der Waals surface area contributed by atoms with Crippen molar-refractivity contribution in [3.63, 3.8) is 0 Å². The number of rotatable bonds is 5. The highest BCUT2D eigenvalue weighted by Crippen LogP contribution is 2.17. The highest BCUT2D eigenvalue weighted by molar-refractivity contribution is 7.71. The van der Waals surface area contributed by atoms with Gasteiger partial charge in [-0.1, -0.05) is 42.5 Å². The average Bonchev–Trinajstić information content (AvgIpc) is 2.48. The van der Waals surface area contributed by atoms with Crippen molar-refractivity contribution in [3.8, 4) is 0 Å². The largest absolute Gasteiger partial charge is 0.388 e. The molecule has 0 aliphatic heterocycles. The molecular formula is C16H18N2O2S. The van der Waals surface area contributed by atoms with Crippen molar-refractivity contribution >= 4 is 18.1 Å². The Hall–Kier alpha value is -1.98. The highest BCUT2D eigenvalue weighted by atomic mass is 32.1. The first kappa shape index (κ1) is 15.4. The molecule has 0 aliphatic carbocycles. The molecule has 0 radical (unpaired) electrons. The Balaban J connectivity index is 1.96. The Kier molecular flexibility index (Phi) is 5.25. The second-order valence-corrected chi connectivity index (χ2v) is 5.36. The number of hydrogen-bond acceptors (Lipinski definition) is 3. The molecule has 0 saturated heterocycles. The lowest BCUT2D eigenvalue weighted by Gasteiger charge is -2.18. The Morgan fingerprint density at radius 3 is 2.67 bits per heavy atom. The summed E-state index contributed by atoms with van der Waals surface area (Å²) >= 11 is 5.08. The number of aromatic nitrogens is 1. The van der Waals surface area contributed by atoms with Crippen LogP contribution in [-0.4, -0.2) is 22.0 Å². The third-order valence-corrected chi connectivity index (χ3v) is 3.54. The zero-order valence-electron chi connectivity index (χ0n) is 11.7. The van der Waals surface area contributed by atoms with Crippen LogP contribution in [0, 0.1) is 4.64 Å². The molecule has 0 spiro atoms. The van der Waals surface area contributed by atoms with Gasteiger partial charge in [-0.3, -0.25) is 4.79 Å². The highest BCUT2D eigenvalue weighted by Gasteiger charge is 2.15. The maximum atomic E-state index is 12.1. The SMILES string of the molecule is C[C@H](C[C@@H](O)c1ccccc1)NC(=O)c1ccc[nH]c1=S. The number of H-pyrrole nitrogens is 1. The summed E-state index contributed by atoms with van der Waals surface area (Å²) in [6.07, 6.45) is 1.52. The van der Waals surface area contributed by atoms with Gasteiger partial charge in [-0.25, -0.2) is 0 Å². The fourth-order valence-corrected chi connectivity index (χ4v) is 2.34. The first-order valence-corrected chi connectivity index (χ1v) is 7.20. The number of aliphatic hydroxyl groups excluding tert-OH is 1. The van der Waals surface area contributed by atoms with Gasteiger partial charge in [0.05, 0.1) is 11.7 Å². The van der Waals surface area contributed by atoms with E-state index < -0.39 is 6.10 Å². The van der Waals surface area contributed by atoms with Crippen molar-refractivity contribution in [2.75, 3.05) is 0 Å². The van der Waals surface area contributed by atoms with Gasteiger partial charge >= 0.3 is 0 Å². The molecule has 4 nitrogen and oxygen atoms in total. The van der Waals surface area contributed by atoms with Gasteiger partial charge in [-0.05, 0) is 31.0 Å². The third-order valence-electron chi connectivity index (χ3n) is 3.20. The molecule has 1 aromatic carbocycles. The van der Waals surface area contributed by atoms with E-state index in [1.807, 2.05) is 37.3 Å². The number of aliphatic hydroxyl groups is 1. The summed E-state index contributed by atoms with van der Waals surface area (Å²) < 4.78 is 0.408. The standard InChI is InChI=1S/C16H18N2O2S/c1-11(10-14(19)12-6-3-2-4-7-12)18-15(20)13-8-5-9-17-16(13)21/h2-9,11,14,19H,10H2,1H3,(H,17,21)(H,18,20)/t11-,14-/m1/s1. The molecule has 1 aromatic heterocycles. The summed E-state index contributed by atoms with van der Waals surface area (Å²) in [5.41, 5.74) is 1.28. The Morgan fingerprint density at radius 1 is 1.29 bits per heavy atom. The van der Waals surface area contributed by atoms with Gasteiger partial charge in [0.1, 0.15) is 4.64 Å². The second kappa shape index (κ2) is 7.15. The molecule has 0 aliphatic rings. The zero-order valence-corrected chi connectivity index (χ0v) is 12.6. The number of hydrogen-bond donors (Lipinski definition) is 3. The van der Waals surface area contributed by atoms with Crippen LogP contribution in [-0.2, 0) is 0 Å². The minimum atomic E-state index is -0.605. The molecule has 2 aromatic rings. The topological polar surface area (TPSA) is 65.1 Å². The molecule has 1 heterocycles. The van der Waals surface area contributed by atoms with E-state index in [-0.39, 0.29) is 11.9 Å². The fraction of sp³-hybridized carbons (Fsp3) is 0.250. The summed E-state index contributed by atoms with van der Waals surface area (Å²) in [5.74, 6) is -0.232. The molecule has 0 bridgehead atoms. The van der Waals surface area contributed by atoms with Crippen molar-refractivity contribution in [2.45, 2.75) is 25.5 Å². The molecule has 110 valence electrons. The fourth-order valence-electron chi connectivity index (χ4n) is 2.11. The minimum Gasteiger partial charge on any atom is -0.388 e.